The van der Waals surface area contributed by atoms with Crippen molar-refractivity contribution in [1.29, 1.82) is 0 Å². The number of rotatable bonds is 4. The average Bonchev–Trinajstić information content (AvgIpc) is 2.80. The topological polar surface area (TPSA) is 30.7 Å². The lowest BCUT2D eigenvalue weighted by Crippen LogP contribution is -2.07. The fraction of sp³-hybridized carbons (Fsp3) is 0.200. The molecule has 0 N–H and O–H groups in total. The van der Waals surface area contributed by atoms with Gasteiger partial charge in [0, 0.05) is 30.1 Å². The first-order chi connectivity index (χ1) is 10.2. The Bertz CT molecular complexity index is 786. The third kappa shape index (κ3) is 2.74. The monoisotopic (exact) mass is 307 g/mol. The molecule has 3 aromatic rings. The van der Waals surface area contributed by atoms with E-state index in [1.807, 2.05) is 10.6 Å². The van der Waals surface area contributed by atoms with Gasteiger partial charge < -0.3 is 4.57 Å². The molecule has 3 rings (SSSR count). The summed E-state index contributed by atoms with van der Waals surface area (Å²) in [5.41, 5.74) is 2.00. The number of hydrogen-bond donors (Lipinski definition) is 0. The zero-order valence-corrected chi connectivity index (χ0v) is 11.8. The second kappa shape index (κ2) is 5.77. The molecular weight excluding hydrogens is 296 g/mol. The Morgan fingerprint density at radius 1 is 1.19 bits per heavy atom. The van der Waals surface area contributed by atoms with Crippen LogP contribution in [0.1, 0.15) is 11.4 Å². The van der Waals surface area contributed by atoms with Gasteiger partial charge in [-0.15, -0.1) is 11.6 Å². The van der Waals surface area contributed by atoms with Gasteiger partial charge in [-0.2, -0.15) is 0 Å². The molecule has 0 spiro atoms. The number of nitrogens with zero attached hydrogens (tertiary/aromatic N) is 3. The van der Waals surface area contributed by atoms with Crippen LogP contribution in [0.5, 0.6) is 0 Å². The number of alkyl halides is 1. The highest BCUT2D eigenvalue weighted by Gasteiger charge is 2.13. The molecule has 2 aromatic heterocycles. The van der Waals surface area contributed by atoms with Crippen molar-refractivity contribution in [3.63, 3.8) is 0 Å². The minimum absolute atomic E-state index is 0.277. The number of pyridine rings is 1. The van der Waals surface area contributed by atoms with Crippen LogP contribution >= 0.6 is 11.6 Å². The summed E-state index contributed by atoms with van der Waals surface area (Å²) in [4.78, 5) is 8.50. The van der Waals surface area contributed by atoms with E-state index >= 15 is 0 Å². The molecule has 0 aliphatic heterocycles. The molecule has 0 fully saturated rings. The molecule has 2 heterocycles. The van der Waals surface area contributed by atoms with Crippen LogP contribution in [0.3, 0.4) is 0 Å². The van der Waals surface area contributed by atoms with Crippen molar-refractivity contribution in [2.75, 3.05) is 5.88 Å². The van der Waals surface area contributed by atoms with Gasteiger partial charge in [0.25, 0.3) is 0 Å². The van der Waals surface area contributed by atoms with E-state index in [1.54, 1.807) is 12.4 Å². The number of fused-ring (bicyclic) bond motifs is 1. The quantitative estimate of drug-likeness (QED) is 0.690. The Balaban J connectivity index is 2.07. The maximum Gasteiger partial charge on any atom is 0.131 e. The zero-order chi connectivity index (χ0) is 14.8. The molecule has 3 nitrogen and oxygen atoms in total. The summed E-state index contributed by atoms with van der Waals surface area (Å²) in [7, 11) is 0. The smallest absolute Gasteiger partial charge is 0.131 e. The molecule has 0 radical (unpaired) electrons. The van der Waals surface area contributed by atoms with Crippen molar-refractivity contribution in [2.24, 2.45) is 0 Å². The van der Waals surface area contributed by atoms with E-state index < -0.39 is 11.6 Å². The van der Waals surface area contributed by atoms with E-state index in [0.717, 1.165) is 22.9 Å². The van der Waals surface area contributed by atoms with Crippen LogP contribution in [0.15, 0.2) is 36.7 Å². The van der Waals surface area contributed by atoms with Crippen LogP contribution in [-0.2, 0) is 13.0 Å². The fourth-order valence-corrected chi connectivity index (χ4v) is 2.47. The maximum absolute atomic E-state index is 13.8. The van der Waals surface area contributed by atoms with E-state index in [-0.39, 0.29) is 6.54 Å². The molecule has 0 atom stereocenters. The lowest BCUT2D eigenvalue weighted by molar-refractivity contribution is 0.565. The zero-order valence-electron chi connectivity index (χ0n) is 11.1. The molecule has 21 heavy (non-hydrogen) atoms. The van der Waals surface area contributed by atoms with E-state index in [1.165, 1.54) is 12.1 Å². The first-order valence-electron chi connectivity index (χ1n) is 6.48. The third-order valence-corrected chi connectivity index (χ3v) is 3.48. The van der Waals surface area contributed by atoms with Crippen molar-refractivity contribution in [2.45, 2.75) is 13.0 Å². The Morgan fingerprint density at radius 2 is 2.05 bits per heavy atom. The van der Waals surface area contributed by atoms with Crippen molar-refractivity contribution in [3.8, 4) is 0 Å². The van der Waals surface area contributed by atoms with Gasteiger partial charge in [-0.05, 0) is 12.1 Å². The average molecular weight is 308 g/mol. The van der Waals surface area contributed by atoms with Crippen molar-refractivity contribution < 1.29 is 8.78 Å². The van der Waals surface area contributed by atoms with Gasteiger partial charge in [0.15, 0.2) is 0 Å². The Morgan fingerprint density at radius 3 is 2.81 bits per heavy atom. The van der Waals surface area contributed by atoms with Gasteiger partial charge in [-0.3, -0.25) is 4.98 Å². The summed E-state index contributed by atoms with van der Waals surface area (Å²) in [6.07, 6.45) is 3.88. The first-order valence-corrected chi connectivity index (χ1v) is 7.01. The van der Waals surface area contributed by atoms with Crippen molar-refractivity contribution in [1.82, 2.24) is 14.5 Å². The molecule has 0 saturated heterocycles. The van der Waals surface area contributed by atoms with Crippen molar-refractivity contribution >= 4 is 22.6 Å². The Kier molecular flexibility index (Phi) is 3.84. The van der Waals surface area contributed by atoms with Gasteiger partial charge in [-0.1, -0.05) is 6.07 Å². The Hall–Kier alpha value is -2.01. The molecular formula is C15H12ClF2N3. The van der Waals surface area contributed by atoms with Crippen molar-refractivity contribution in [3.05, 3.63) is 59.7 Å². The van der Waals surface area contributed by atoms with Crippen LogP contribution in [-0.4, -0.2) is 20.4 Å². The van der Waals surface area contributed by atoms with Gasteiger partial charge >= 0.3 is 0 Å². The number of hydrogen-bond acceptors (Lipinski definition) is 2. The molecule has 108 valence electrons. The summed E-state index contributed by atoms with van der Waals surface area (Å²) in [5, 5.41) is 0. The third-order valence-electron chi connectivity index (χ3n) is 3.29. The number of halogens is 3. The summed E-state index contributed by atoms with van der Waals surface area (Å²) in [5.74, 6) is 0.0271. The summed E-state index contributed by atoms with van der Waals surface area (Å²) < 4.78 is 28.7. The minimum Gasteiger partial charge on any atom is -0.323 e. The summed E-state index contributed by atoms with van der Waals surface area (Å²) >= 11 is 5.80. The number of aromatic nitrogens is 3. The van der Waals surface area contributed by atoms with E-state index in [9.17, 15) is 8.78 Å². The molecule has 1 aromatic carbocycles. The SMILES string of the molecule is Fc1ccc(Cn2c(CCCl)nc3cnccc32)c(F)c1. The normalized spacial score (nSPS) is 11.2. The van der Waals surface area contributed by atoms with Crippen LogP contribution < -0.4 is 0 Å². The van der Waals surface area contributed by atoms with Crippen LogP contribution in [0.4, 0.5) is 8.78 Å². The van der Waals surface area contributed by atoms with Crippen LogP contribution in [0, 0.1) is 11.6 Å². The minimum atomic E-state index is -0.586. The van der Waals surface area contributed by atoms with Gasteiger partial charge in [0.1, 0.15) is 23.0 Å². The highest BCUT2D eigenvalue weighted by atomic mass is 35.5. The first kappa shape index (κ1) is 13.9. The van der Waals surface area contributed by atoms with Crippen LogP contribution in [0.25, 0.3) is 11.0 Å². The van der Waals surface area contributed by atoms with Gasteiger partial charge in [0.2, 0.25) is 0 Å². The predicted molar refractivity (Wildman–Crippen MR) is 77.4 cm³/mol. The van der Waals surface area contributed by atoms with Gasteiger partial charge in [-0.25, -0.2) is 13.8 Å². The summed E-state index contributed by atoms with van der Waals surface area (Å²) in [6, 6.07) is 5.40. The highest BCUT2D eigenvalue weighted by molar-refractivity contribution is 6.17. The number of imidazole rings is 1. The fourth-order valence-electron chi connectivity index (χ4n) is 2.30. The number of aryl methyl sites for hydroxylation is 1. The standard InChI is InChI=1S/C15H12ClF2N3/c16-5-3-15-20-13-8-19-6-4-14(13)21(15)9-10-1-2-11(17)7-12(10)18/h1-2,4,6-8H,3,5,9H2. The van der Waals surface area contributed by atoms with Crippen LogP contribution in [0.2, 0.25) is 0 Å². The highest BCUT2D eigenvalue weighted by Crippen LogP contribution is 2.19. The molecule has 0 unspecified atom stereocenters. The molecule has 6 heteroatoms. The lowest BCUT2D eigenvalue weighted by atomic mass is 10.2. The predicted octanol–water partition coefficient (Wildman–Crippen LogP) is 3.54. The molecule has 0 bridgehead atoms. The summed E-state index contributed by atoms with van der Waals surface area (Å²) in [6.45, 7) is 0.277. The van der Waals surface area contributed by atoms with E-state index in [2.05, 4.69) is 9.97 Å². The number of benzene rings is 1. The van der Waals surface area contributed by atoms with E-state index in [0.29, 0.717) is 17.9 Å². The second-order valence-electron chi connectivity index (χ2n) is 4.65. The molecule has 0 aliphatic rings. The van der Waals surface area contributed by atoms with Gasteiger partial charge in [0.05, 0.1) is 18.3 Å². The Labute approximate surface area is 125 Å². The second-order valence-corrected chi connectivity index (χ2v) is 5.03. The molecule has 0 amide bonds. The maximum atomic E-state index is 13.8. The van der Waals surface area contributed by atoms with E-state index in [4.69, 9.17) is 11.6 Å². The molecule has 0 saturated carbocycles. The molecule has 0 aliphatic carbocycles. The largest absolute Gasteiger partial charge is 0.323 e. The lowest BCUT2D eigenvalue weighted by Gasteiger charge is -2.09.